The Morgan fingerprint density at radius 1 is 0.426 bits per heavy atom. The van der Waals surface area contributed by atoms with Crippen LogP contribution in [-0.2, 0) is 19.1 Å². The fraction of sp³-hybridized carbons (Fsp3) is 0.912. The molecule has 0 saturated carbocycles. The first-order valence-corrected chi connectivity index (χ1v) is 38.9. The summed E-state index contributed by atoms with van der Waals surface area (Å²) in [6.45, 7) is 62.8. The van der Waals surface area contributed by atoms with Gasteiger partial charge in [-0.25, -0.2) is 5.48 Å². The zero-order valence-corrected chi connectivity index (χ0v) is 72.7. The lowest BCUT2D eigenvalue weighted by molar-refractivity contribution is -0.280. The zero-order valence-electron chi connectivity index (χ0n) is 72.7. The highest BCUT2D eigenvalue weighted by Gasteiger charge is 2.56. The number of nitrogens with one attached hydrogen (secondary N) is 3. The third-order valence-corrected chi connectivity index (χ3v) is 22.4. The summed E-state index contributed by atoms with van der Waals surface area (Å²) in [6.07, 6.45) is 16.6. The predicted molar refractivity (Wildman–Crippen MR) is 418 cm³/mol. The molecule has 0 atom stereocenters. The van der Waals surface area contributed by atoms with Crippen LogP contribution in [0.4, 0.5) is 0 Å². The van der Waals surface area contributed by atoms with Gasteiger partial charge >= 0.3 is 5.97 Å². The maximum atomic E-state index is 11.7. The fourth-order valence-corrected chi connectivity index (χ4v) is 19.3. The number of hydroxylamine groups is 15. The molecule has 28 heteroatoms. The Hall–Kier alpha value is -3.17. The van der Waals surface area contributed by atoms with Crippen molar-refractivity contribution in [3.8, 4) is 12.3 Å². The molecule has 108 heavy (non-hydrogen) atoms. The van der Waals surface area contributed by atoms with Crippen LogP contribution >= 0.6 is 0 Å². The molecule has 0 radical (unpaired) electrons. The summed E-state index contributed by atoms with van der Waals surface area (Å²) in [5.41, 5.74) is -6.71. The Kier molecular flexibility index (Phi) is 35.4. The summed E-state index contributed by atoms with van der Waals surface area (Å²) >= 11 is 0. The third kappa shape index (κ3) is 29.0. The van der Waals surface area contributed by atoms with Crippen molar-refractivity contribution in [2.75, 3.05) is 19.8 Å². The van der Waals surface area contributed by atoms with Gasteiger partial charge in [0, 0.05) is 135 Å². The van der Waals surface area contributed by atoms with E-state index in [4.69, 9.17) is 26.6 Å². The number of carbonyl (C=O) groups excluding carboxylic acids is 2. The van der Waals surface area contributed by atoms with Gasteiger partial charge in [0.1, 0.15) is 5.60 Å². The minimum Gasteiger partial charge on any atom is -0.481 e. The second-order valence-corrected chi connectivity index (χ2v) is 41.2. The summed E-state index contributed by atoms with van der Waals surface area (Å²) in [6, 6.07) is 0.0905. The van der Waals surface area contributed by atoms with Crippen molar-refractivity contribution < 1.29 is 91.4 Å². The van der Waals surface area contributed by atoms with E-state index in [0.717, 1.165) is 32.1 Å². The second-order valence-electron chi connectivity index (χ2n) is 41.2. The average molecular weight is 1550 g/mol. The Bertz CT molecular complexity index is 2790. The van der Waals surface area contributed by atoms with Crippen molar-refractivity contribution in [1.29, 1.82) is 0 Å². The summed E-state index contributed by atoms with van der Waals surface area (Å²) in [5, 5.41) is 153. The molecule has 0 bridgehead atoms. The molecular weight excluding hydrogens is 1390 g/mol. The number of hydrogen-bond donors (Lipinski definition) is 17. The highest BCUT2D eigenvalue weighted by Crippen LogP contribution is 2.47. The van der Waals surface area contributed by atoms with Crippen LogP contribution in [-0.4, -0.2) is 263 Å². The molecule has 17 N–H and O–H groups in total. The highest BCUT2D eigenvalue weighted by atomic mass is 16.5. The number of aliphatic hydroxyl groups excluding tert-OH is 1. The number of carboxylic acids is 1. The van der Waals surface area contributed by atoms with E-state index in [1.807, 2.05) is 208 Å². The van der Waals surface area contributed by atoms with Crippen molar-refractivity contribution in [2.24, 2.45) is 0 Å². The lowest BCUT2D eigenvalue weighted by atomic mass is 9.71. The van der Waals surface area contributed by atoms with E-state index in [1.54, 1.807) is 6.08 Å². The van der Waals surface area contributed by atoms with Gasteiger partial charge in [0.15, 0.2) is 0 Å². The molecule has 7 rings (SSSR count). The number of amides is 2. The zero-order chi connectivity index (χ0) is 85.3. The van der Waals surface area contributed by atoms with Gasteiger partial charge in [-0.2, -0.15) is 35.4 Å². The molecule has 7 aliphatic heterocycles. The predicted octanol–water partition coefficient (Wildman–Crippen LogP) is 11.3. The molecule has 0 aromatic heterocycles. The number of aliphatic carboxylic acids is 1. The van der Waals surface area contributed by atoms with Crippen LogP contribution in [0.25, 0.3) is 0 Å². The number of hydrogen-bond acceptors (Lipinski definition) is 25. The summed E-state index contributed by atoms with van der Waals surface area (Å²) in [7, 11) is 0. The van der Waals surface area contributed by atoms with Gasteiger partial charge in [0.05, 0.1) is 29.8 Å². The molecule has 0 unspecified atom stereocenters. The monoisotopic (exact) mass is 1550 g/mol. The van der Waals surface area contributed by atoms with Crippen LogP contribution in [0.2, 0.25) is 0 Å². The Morgan fingerprint density at radius 2 is 0.685 bits per heavy atom. The lowest BCUT2D eigenvalue weighted by Gasteiger charge is -2.54. The van der Waals surface area contributed by atoms with Gasteiger partial charge < -0.3 is 87.7 Å². The van der Waals surface area contributed by atoms with Crippen LogP contribution in [0.1, 0.15) is 330 Å². The van der Waals surface area contributed by atoms with E-state index < -0.39 is 72.7 Å². The minimum absolute atomic E-state index is 0.00443. The summed E-state index contributed by atoms with van der Waals surface area (Å²) < 4.78 is 5.35. The standard InChI is InChI=1S/C13H24N2O4.C13H26N2O3.C12H25NO3.C11H23NO2.C11H21NO2.C11H19NO2.C9H20N2O2/c1-12(2)7-9(8-13(3,4)15(12)19)14-10(16)5-6-11(17)18;1-12(2)8-10(9-13(3,4)15(12)18)14-11(17)6-5-7-16;1-6-16-9-12(14)7-10(2,3)13(15)11(4,5)8-12;3*1-6-11(13)7-9(2,3)12(14)10(4,5)8-11;1-8(2)5-7(10-12)6-9(3,4)11(8)13/h9,19H,5-8H2,1-4H3,(H,14,16)(H,17,18);10,16,18H,5-9H2,1-4H3,(H,14,17);14-15H,6-9H2,1-5H3;13-14H,6-8H2,1-5H3;6,13-14H,1,7-8H2,2-5H3;1,13-14H,7-8H2,2-5H3;7,10,12-13H,5-6H2,1-4H3. The summed E-state index contributed by atoms with van der Waals surface area (Å²) in [4.78, 5) is 33.8. The number of aliphatic hydroxyl groups is 5. The molecule has 7 fully saturated rings. The van der Waals surface area contributed by atoms with Gasteiger partial charge in [0.2, 0.25) is 11.8 Å². The van der Waals surface area contributed by atoms with Gasteiger partial charge in [0.25, 0.3) is 0 Å². The Morgan fingerprint density at radius 3 is 0.935 bits per heavy atom. The van der Waals surface area contributed by atoms with Crippen molar-refractivity contribution in [1.82, 2.24) is 51.6 Å². The molecule has 7 saturated heterocycles. The molecule has 636 valence electrons. The molecule has 7 heterocycles. The molecule has 7 aliphatic rings. The number of rotatable bonds is 14. The van der Waals surface area contributed by atoms with E-state index in [9.17, 15) is 71.3 Å². The SMILES string of the molecule is C#CC1(O)CC(C)(C)N(O)C(C)(C)C1.C=CC1(O)CC(C)(C)N(O)C(C)(C)C1.CC1(C)CC(NC(=O)CCC(=O)O)CC(C)(C)N1O.CC1(C)CC(NC(=O)CCCO)CC(C)(C)N1O.CC1(C)CC(NO)CC(C)(C)N1O.CCC1(O)CC(C)(C)N(O)C(C)(C)C1.CCOCC1(O)CC(C)(C)N(O)C(C)(C)C1. The molecule has 0 spiro atoms. The number of piperidine rings is 7. The van der Waals surface area contributed by atoms with E-state index in [0.29, 0.717) is 90.3 Å². The van der Waals surface area contributed by atoms with Gasteiger partial charge in [-0.15, -0.1) is 13.0 Å². The first kappa shape index (κ1) is 103. The second kappa shape index (κ2) is 37.2. The first-order valence-electron chi connectivity index (χ1n) is 38.9. The van der Waals surface area contributed by atoms with E-state index >= 15 is 0 Å². The quantitative estimate of drug-likeness (QED) is 0.0436. The normalized spacial score (nSPS) is 27.3. The lowest BCUT2D eigenvalue weighted by Crippen LogP contribution is -2.65. The largest absolute Gasteiger partial charge is 0.481 e. The molecular formula is C80H158N10O18. The van der Waals surface area contributed by atoms with Crippen molar-refractivity contribution in [3.63, 3.8) is 0 Å². The fourth-order valence-electron chi connectivity index (χ4n) is 19.3. The number of ether oxygens (including phenoxy) is 1. The van der Waals surface area contributed by atoms with Crippen LogP contribution in [0, 0.1) is 12.3 Å². The van der Waals surface area contributed by atoms with Crippen LogP contribution in [0.15, 0.2) is 12.7 Å². The van der Waals surface area contributed by atoms with Crippen LogP contribution in [0.3, 0.4) is 0 Å². The van der Waals surface area contributed by atoms with Crippen molar-refractivity contribution >= 4 is 17.8 Å². The highest BCUT2D eigenvalue weighted by molar-refractivity contribution is 5.80. The molecule has 0 aromatic carbocycles. The van der Waals surface area contributed by atoms with Gasteiger partial charge in [-0.3, -0.25) is 14.4 Å². The maximum Gasteiger partial charge on any atom is 0.303 e. The first-order chi connectivity index (χ1) is 48.0. The Labute approximate surface area is 650 Å². The number of nitrogens with zero attached hydrogens (tertiary/aromatic N) is 7. The van der Waals surface area contributed by atoms with E-state index in [2.05, 4.69) is 28.6 Å². The average Bonchev–Trinajstić information content (AvgIpc) is 0.776. The summed E-state index contributed by atoms with van der Waals surface area (Å²) in [5.74, 6) is 1.19. The molecule has 0 aromatic rings. The Balaban J connectivity index is 0.000000632. The van der Waals surface area contributed by atoms with Crippen LogP contribution < -0.4 is 16.1 Å². The van der Waals surface area contributed by atoms with Gasteiger partial charge in [-0.05, 0) is 291 Å². The number of terminal acetylenes is 1. The molecule has 28 nitrogen and oxygen atoms in total. The molecule has 2 amide bonds. The van der Waals surface area contributed by atoms with Crippen molar-refractivity contribution in [3.05, 3.63) is 12.7 Å². The van der Waals surface area contributed by atoms with Crippen LogP contribution in [0.5, 0.6) is 0 Å². The smallest absolute Gasteiger partial charge is 0.303 e. The van der Waals surface area contributed by atoms with E-state index in [-0.39, 0.29) is 82.6 Å². The van der Waals surface area contributed by atoms with Crippen molar-refractivity contribution in [2.45, 2.75) is 448 Å². The van der Waals surface area contributed by atoms with E-state index in [1.165, 1.54) is 35.4 Å². The molecule has 0 aliphatic carbocycles. The topological polar surface area (TPSA) is 402 Å². The number of carbonyl (C=O) groups is 3. The maximum absolute atomic E-state index is 11.7. The third-order valence-electron chi connectivity index (χ3n) is 22.4. The number of carboxylic acid groups (broad SMARTS) is 1. The van der Waals surface area contributed by atoms with Gasteiger partial charge in [-0.1, -0.05) is 18.9 Å². The minimum atomic E-state index is -1.10.